The average Bonchev–Trinajstić information content (AvgIpc) is 3.57. The number of rotatable bonds is 8. The van der Waals surface area contributed by atoms with E-state index < -0.39 is 10.0 Å². The van der Waals surface area contributed by atoms with Crippen molar-refractivity contribution in [2.45, 2.75) is 70.0 Å². The monoisotopic (exact) mass is 500 g/mol. The Morgan fingerprint density at radius 1 is 1.09 bits per heavy atom. The van der Waals surface area contributed by atoms with Crippen LogP contribution in [-0.2, 0) is 16.6 Å². The fraction of sp³-hybridized carbons (Fsp3) is 0.615. The molecule has 9 heteroatoms. The molecule has 2 saturated heterocycles. The van der Waals surface area contributed by atoms with Gasteiger partial charge in [0.05, 0.1) is 5.75 Å². The summed E-state index contributed by atoms with van der Waals surface area (Å²) in [4.78, 5) is 15.0. The van der Waals surface area contributed by atoms with E-state index in [0.29, 0.717) is 31.0 Å². The van der Waals surface area contributed by atoms with E-state index in [1.807, 2.05) is 13.0 Å². The van der Waals surface area contributed by atoms with Crippen LogP contribution in [0, 0.1) is 5.92 Å². The summed E-state index contributed by atoms with van der Waals surface area (Å²) < 4.78 is 33.5. The molecule has 8 nitrogen and oxygen atoms in total. The van der Waals surface area contributed by atoms with Crippen LogP contribution in [0.15, 0.2) is 40.9 Å². The highest BCUT2D eigenvalue weighted by atomic mass is 32.2. The second-order valence-electron chi connectivity index (χ2n) is 10.5. The van der Waals surface area contributed by atoms with Crippen molar-refractivity contribution in [1.82, 2.24) is 19.7 Å². The summed E-state index contributed by atoms with van der Waals surface area (Å²) in [7, 11) is -3.34. The smallest absolute Gasteiger partial charge is 0.273 e. The molecule has 0 spiro atoms. The highest BCUT2D eigenvalue weighted by molar-refractivity contribution is 7.89. The van der Waals surface area contributed by atoms with Gasteiger partial charge in [0.25, 0.3) is 5.91 Å². The van der Waals surface area contributed by atoms with Crippen LogP contribution in [0.2, 0.25) is 0 Å². The molecule has 1 amide bonds. The lowest BCUT2D eigenvalue weighted by atomic mass is 9.98. The molecule has 0 unspecified atom stereocenters. The summed E-state index contributed by atoms with van der Waals surface area (Å²) in [6, 6.07) is 12.0. The molecule has 2 aliphatic heterocycles. The Balaban J connectivity index is 1.08. The summed E-state index contributed by atoms with van der Waals surface area (Å²) in [5, 5.41) is 6.94. The fourth-order valence-electron chi connectivity index (χ4n) is 5.46. The number of benzene rings is 1. The number of hydrogen-bond acceptors (Lipinski definition) is 6. The maximum absolute atomic E-state index is 13.3. The zero-order valence-corrected chi connectivity index (χ0v) is 21.3. The first kappa shape index (κ1) is 24.5. The van der Waals surface area contributed by atoms with E-state index in [1.165, 1.54) is 5.56 Å². The molecule has 3 fully saturated rings. The largest absolute Gasteiger partial charge is 0.360 e. The van der Waals surface area contributed by atoms with Crippen LogP contribution >= 0.6 is 0 Å². The van der Waals surface area contributed by atoms with Gasteiger partial charge in [-0.1, -0.05) is 35.5 Å². The Morgan fingerprint density at radius 3 is 2.51 bits per heavy atom. The Hall–Kier alpha value is -2.23. The number of carbonyl (C=O) groups is 1. The van der Waals surface area contributed by atoms with Crippen LogP contribution < -0.4 is 5.32 Å². The van der Waals surface area contributed by atoms with Crippen molar-refractivity contribution in [3.8, 4) is 0 Å². The summed E-state index contributed by atoms with van der Waals surface area (Å²) in [6.07, 6.45) is 5.22. The minimum absolute atomic E-state index is 0.0637. The molecule has 35 heavy (non-hydrogen) atoms. The van der Waals surface area contributed by atoms with Crippen molar-refractivity contribution in [3.05, 3.63) is 53.4 Å². The zero-order valence-electron chi connectivity index (χ0n) is 20.4. The lowest BCUT2D eigenvalue weighted by molar-refractivity contribution is 0.0905. The second-order valence-corrected chi connectivity index (χ2v) is 12.5. The normalized spacial score (nSPS) is 24.9. The molecule has 1 aliphatic carbocycles. The highest BCUT2D eigenvalue weighted by Crippen LogP contribution is 2.40. The van der Waals surface area contributed by atoms with E-state index in [-0.39, 0.29) is 29.7 Å². The van der Waals surface area contributed by atoms with Crippen molar-refractivity contribution < 1.29 is 17.7 Å². The SMILES string of the molecule is C[C@@H]1C[C@H](NC(=O)c2cc(C3CC3)on2)CCN1S(=O)(=O)CC1CCN(Cc2ccccc2)CC1. The minimum Gasteiger partial charge on any atom is -0.360 e. The zero-order chi connectivity index (χ0) is 24.4. The van der Waals surface area contributed by atoms with E-state index in [1.54, 1.807) is 10.4 Å². The highest BCUT2D eigenvalue weighted by Gasteiger charge is 2.36. The molecule has 1 aromatic carbocycles. The summed E-state index contributed by atoms with van der Waals surface area (Å²) >= 11 is 0. The third kappa shape index (κ3) is 6.13. The number of carbonyl (C=O) groups excluding carboxylic acids is 1. The number of hydrogen-bond donors (Lipinski definition) is 1. The Bertz CT molecular complexity index is 1110. The van der Waals surface area contributed by atoms with Gasteiger partial charge in [-0.05, 0) is 70.0 Å². The topological polar surface area (TPSA) is 95.7 Å². The van der Waals surface area contributed by atoms with Crippen molar-refractivity contribution in [3.63, 3.8) is 0 Å². The Morgan fingerprint density at radius 2 is 1.83 bits per heavy atom. The number of nitrogens with one attached hydrogen (secondary N) is 1. The van der Waals surface area contributed by atoms with Gasteiger partial charge >= 0.3 is 0 Å². The molecule has 3 aliphatic rings. The molecular formula is C26H36N4O4S. The number of sulfonamides is 1. The first-order valence-electron chi connectivity index (χ1n) is 12.9. The molecular weight excluding hydrogens is 464 g/mol. The van der Waals surface area contributed by atoms with Gasteiger partial charge in [0, 0.05) is 37.2 Å². The third-order valence-corrected chi connectivity index (χ3v) is 9.80. The molecule has 1 aromatic heterocycles. The molecule has 5 rings (SSSR count). The van der Waals surface area contributed by atoms with Crippen LogP contribution in [0.3, 0.4) is 0 Å². The van der Waals surface area contributed by atoms with E-state index in [2.05, 4.69) is 39.6 Å². The number of piperidine rings is 2. The number of aromatic nitrogens is 1. The molecule has 190 valence electrons. The molecule has 2 aromatic rings. The Labute approximate surface area is 208 Å². The maximum atomic E-state index is 13.3. The lowest BCUT2D eigenvalue weighted by Gasteiger charge is -2.38. The van der Waals surface area contributed by atoms with Gasteiger partial charge in [0.1, 0.15) is 5.76 Å². The van der Waals surface area contributed by atoms with E-state index >= 15 is 0 Å². The predicted octanol–water partition coefficient (Wildman–Crippen LogP) is 3.38. The number of amides is 1. The lowest BCUT2D eigenvalue weighted by Crippen LogP contribution is -2.52. The maximum Gasteiger partial charge on any atom is 0.273 e. The van der Waals surface area contributed by atoms with Gasteiger partial charge in [-0.2, -0.15) is 4.31 Å². The first-order valence-corrected chi connectivity index (χ1v) is 14.5. The van der Waals surface area contributed by atoms with E-state index in [0.717, 1.165) is 51.1 Å². The van der Waals surface area contributed by atoms with Gasteiger partial charge in [-0.3, -0.25) is 9.69 Å². The average molecular weight is 501 g/mol. The predicted molar refractivity (Wildman–Crippen MR) is 133 cm³/mol. The second kappa shape index (κ2) is 10.4. The van der Waals surface area contributed by atoms with E-state index in [4.69, 9.17) is 4.52 Å². The van der Waals surface area contributed by atoms with Crippen LogP contribution in [0.5, 0.6) is 0 Å². The molecule has 3 heterocycles. The molecule has 1 N–H and O–H groups in total. The van der Waals surface area contributed by atoms with Crippen molar-refractivity contribution in [2.75, 3.05) is 25.4 Å². The molecule has 2 atom stereocenters. The first-order chi connectivity index (χ1) is 16.9. The molecule has 0 bridgehead atoms. The van der Waals surface area contributed by atoms with Crippen LogP contribution in [0.4, 0.5) is 0 Å². The number of likely N-dealkylation sites (tertiary alicyclic amines) is 1. The van der Waals surface area contributed by atoms with Crippen molar-refractivity contribution in [1.29, 1.82) is 0 Å². The third-order valence-electron chi connectivity index (χ3n) is 7.65. The molecule has 0 radical (unpaired) electrons. The van der Waals surface area contributed by atoms with Crippen LogP contribution in [0.25, 0.3) is 0 Å². The summed E-state index contributed by atoms with van der Waals surface area (Å²) in [5.74, 6) is 1.38. The van der Waals surface area contributed by atoms with E-state index in [9.17, 15) is 13.2 Å². The standard InChI is InChI=1S/C26H36N4O4S/c1-19-15-23(27-26(31)24-16-25(34-28-24)22-7-8-22)11-14-30(19)35(32,33)18-21-9-12-29(13-10-21)17-20-5-3-2-4-6-20/h2-6,16,19,21-23H,7-15,17-18H2,1H3,(H,27,31)/t19-,23-/m1/s1. The van der Waals surface area contributed by atoms with Crippen molar-refractivity contribution >= 4 is 15.9 Å². The number of nitrogens with zero attached hydrogens (tertiary/aromatic N) is 3. The van der Waals surface area contributed by atoms with Crippen LogP contribution in [-0.4, -0.2) is 66.2 Å². The summed E-state index contributed by atoms with van der Waals surface area (Å²) in [6.45, 7) is 5.17. The van der Waals surface area contributed by atoms with Gasteiger partial charge in [0.15, 0.2) is 5.69 Å². The van der Waals surface area contributed by atoms with Gasteiger partial charge in [-0.25, -0.2) is 8.42 Å². The van der Waals surface area contributed by atoms with Gasteiger partial charge in [-0.15, -0.1) is 0 Å². The van der Waals surface area contributed by atoms with Gasteiger partial charge in [0.2, 0.25) is 10.0 Å². The van der Waals surface area contributed by atoms with Crippen molar-refractivity contribution in [2.24, 2.45) is 5.92 Å². The molecule has 1 saturated carbocycles. The minimum atomic E-state index is -3.34. The quantitative estimate of drug-likeness (QED) is 0.597. The van der Waals surface area contributed by atoms with Crippen LogP contribution in [0.1, 0.15) is 73.2 Å². The Kier molecular flexibility index (Phi) is 7.27. The van der Waals surface area contributed by atoms with Gasteiger partial charge < -0.3 is 9.84 Å². The fourth-order valence-corrected chi connectivity index (χ4v) is 7.60. The summed E-state index contributed by atoms with van der Waals surface area (Å²) in [5.41, 5.74) is 1.61.